The molecule has 1 N–H and O–H groups in total. The Kier molecular flexibility index (Phi) is 11.3. The number of benzene rings is 1. The highest BCUT2D eigenvalue weighted by Gasteiger charge is 2.34. The summed E-state index contributed by atoms with van der Waals surface area (Å²) < 4.78 is 4.89. The molecule has 0 unspecified atom stereocenters. The molecular weight excluding hydrogens is 410 g/mol. The summed E-state index contributed by atoms with van der Waals surface area (Å²) in [7, 11) is 2.83. The van der Waals surface area contributed by atoms with Gasteiger partial charge in [-0.3, -0.25) is 9.59 Å². The molecule has 0 aliphatic heterocycles. The maximum atomic E-state index is 13.3. The largest absolute Gasteiger partial charge is 0.467 e. The third-order valence-corrected chi connectivity index (χ3v) is 5.07. The summed E-state index contributed by atoms with van der Waals surface area (Å²) in [6.07, 6.45) is 1.03. The van der Waals surface area contributed by atoms with E-state index in [1.807, 2.05) is 58.0 Å². The van der Waals surface area contributed by atoms with Gasteiger partial charge in [0, 0.05) is 12.0 Å². The molecule has 1 aromatic rings. The van der Waals surface area contributed by atoms with Crippen molar-refractivity contribution in [1.82, 2.24) is 10.2 Å². The molecule has 0 saturated carbocycles. The van der Waals surface area contributed by atoms with Crippen molar-refractivity contribution in [2.75, 3.05) is 14.2 Å². The lowest BCUT2D eigenvalue weighted by Crippen LogP contribution is -2.54. The van der Waals surface area contributed by atoms with E-state index in [4.69, 9.17) is 10.3 Å². The van der Waals surface area contributed by atoms with Gasteiger partial charge in [-0.05, 0) is 42.2 Å². The fourth-order valence-electron chi connectivity index (χ4n) is 3.44. The van der Waals surface area contributed by atoms with E-state index in [9.17, 15) is 14.4 Å². The third kappa shape index (κ3) is 8.59. The molecule has 1 aromatic carbocycles. The Morgan fingerprint density at radius 2 is 1.69 bits per heavy atom. The number of ether oxygens (including phenoxy) is 1. The molecule has 0 aromatic heterocycles. The molecule has 0 bridgehead atoms. The number of hydrogen-bond donors (Lipinski definition) is 1. The number of methoxy groups -OCH3 is 1. The number of carbonyl (C=O) groups excluding carboxylic acids is 3. The molecule has 9 heteroatoms. The topological polar surface area (TPSA) is 124 Å². The first-order valence-corrected chi connectivity index (χ1v) is 10.8. The van der Waals surface area contributed by atoms with Crippen molar-refractivity contribution < 1.29 is 19.1 Å². The Labute approximate surface area is 190 Å². The molecule has 0 aliphatic rings. The monoisotopic (exact) mass is 445 g/mol. The highest BCUT2D eigenvalue weighted by Crippen LogP contribution is 2.16. The maximum Gasteiger partial charge on any atom is 0.328 e. The van der Waals surface area contributed by atoms with E-state index in [0.717, 1.165) is 5.56 Å². The van der Waals surface area contributed by atoms with Gasteiger partial charge in [-0.2, -0.15) is 0 Å². The third-order valence-electron chi connectivity index (χ3n) is 5.07. The van der Waals surface area contributed by atoms with Gasteiger partial charge in [0.15, 0.2) is 0 Å². The van der Waals surface area contributed by atoms with Crippen LogP contribution in [0, 0.1) is 11.8 Å². The minimum Gasteiger partial charge on any atom is -0.467 e. The van der Waals surface area contributed by atoms with Gasteiger partial charge in [0.25, 0.3) is 0 Å². The minimum absolute atomic E-state index is 0.103. The number of nitrogens with one attached hydrogen (secondary N) is 1. The summed E-state index contributed by atoms with van der Waals surface area (Å²) >= 11 is 0. The highest BCUT2D eigenvalue weighted by molar-refractivity contribution is 5.92. The summed E-state index contributed by atoms with van der Waals surface area (Å²) in [4.78, 5) is 42.7. The quantitative estimate of drug-likeness (QED) is 0.229. The van der Waals surface area contributed by atoms with Crippen LogP contribution in [0.1, 0.15) is 46.1 Å². The van der Waals surface area contributed by atoms with Crippen molar-refractivity contribution in [3.8, 4) is 0 Å². The Morgan fingerprint density at radius 3 is 2.19 bits per heavy atom. The second-order valence-electron chi connectivity index (χ2n) is 8.72. The zero-order chi connectivity index (χ0) is 24.3. The van der Waals surface area contributed by atoms with E-state index in [2.05, 4.69) is 15.3 Å². The van der Waals surface area contributed by atoms with Gasteiger partial charge in [0.05, 0.1) is 7.11 Å². The van der Waals surface area contributed by atoms with Crippen LogP contribution in [0.2, 0.25) is 0 Å². The fourth-order valence-corrected chi connectivity index (χ4v) is 3.44. The van der Waals surface area contributed by atoms with E-state index >= 15 is 0 Å². The zero-order valence-corrected chi connectivity index (χ0v) is 19.8. The molecule has 9 nitrogen and oxygen atoms in total. The van der Waals surface area contributed by atoms with Gasteiger partial charge in [-0.25, -0.2) is 4.79 Å². The summed E-state index contributed by atoms with van der Waals surface area (Å²) in [6.45, 7) is 7.78. The predicted molar refractivity (Wildman–Crippen MR) is 122 cm³/mol. The average molecular weight is 446 g/mol. The lowest BCUT2D eigenvalue weighted by atomic mass is 9.98. The molecule has 2 amide bonds. The van der Waals surface area contributed by atoms with Crippen LogP contribution in [0.15, 0.2) is 35.4 Å². The number of likely N-dealkylation sites (N-methyl/N-ethyl adjacent to an activating group) is 1. The molecule has 176 valence electrons. The molecule has 32 heavy (non-hydrogen) atoms. The lowest BCUT2D eigenvalue weighted by Gasteiger charge is -2.32. The minimum atomic E-state index is -0.998. The Hall–Kier alpha value is -3.06. The van der Waals surface area contributed by atoms with Gasteiger partial charge in [-0.15, -0.1) is 0 Å². The van der Waals surface area contributed by atoms with Crippen molar-refractivity contribution in [2.24, 2.45) is 17.0 Å². The van der Waals surface area contributed by atoms with E-state index < -0.39 is 30.0 Å². The zero-order valence-electron chi connectivity index (χ0n) is 19.8. The molecule has 0 spiro atoms. The van der Waals surface area contributed by atoms with E-state index in [0.29, 0.717) is 12.8 Å². The molecule has 0 radical (unpaired) electrons. The molecule has 0 aliphatic carbocycles. The molecule has 0 saturated heterocycles. The predicted octanol–water partition coefficient (Wildman–Crippen LogP) is 3.49. The first kappa shape index (κ1) is 27.0. The standard InChI is InChI=1S/C23H35N5O4/c1-15(2)12-19(22(30)28(5)20(13-16(3)4)23(31)32-6)25-21(29)18(26-27-24)14-17-10-8-7-9-11-17/h7-11,15-16,18-20H,12-14H2,1-6H3,(H,25,29)/t18-,19-,20-/m0/s1. The van der Waals surface area contributed by atoms with Crippen molar-refractivity contribution >= 4 is 17.8 Å². The number of hydrogen-bond acceptors (Lipinski definition) is 5. The van der Waals surface area contributed by atoms with E-state index in [1.165, 1.54) is 12.0 Å². The normalized spacial score (nSPS) is 13.6. The molecule has 1 rings (SSSR count). The first-order chi connectivity index (χ1) is 15.1. The number of rotatable bonds is 12. The van der Waals surface area contributed by atoms with E-state index in [1.54, 1.807) is 7.05 Å². The van der Waals surface area contributed by atoms with Crippen LogP contribution in [0.3, 0.4) is 0 Å². The smallest absolute Gasteiger partial charge is 0.328 e. The van der Waals surface area contributed by atoms with Gasteiger partial charge < -0.3 is 15.0 Å². The fraction of sp³-hybridized carbons (Fsp3) is 0.609. The molecule has 0 heterocycles. The van der Waals surface area contributed by atoms with Gasteiger partial charge in [0.1, 0.15) is 18.1 Å². The highest BCUT2D eigenvalue weighted by atomic mass is 16.5. The van der Waals surface area contributed by atoms with Gasteiger partial charge >= 0.3 is 5.97 Å². The molecular formula is C23H35N5O4. The van der Waals surface area contributed by atoms with Crippen LogP contribution in [0.5, 0.6) is 0 Å². The Morgan fingerprint density at radius 1 is 1.09 bits per heavy atom. The van der Waals surface area contributed by atoms with Crippen LogP contribution in [-0.4, -0.2) is 55.0 Å². The summed E-state index contributed by atoms with van der Waals surface area (Å²) in [6, 6.07) is 6.59. The van der Waals surface area contributed by atoms with Crippen molar-refractivity contribution in [1.29, 1.82) is 0 Å². The Bertz CT molecular complexity index is 806. The maximum absolute atomic E-state index is 13.3. The van der Waals surface area contributed by atoms with Gasteiger partial charge in [0.2, 0.25) is 11.8 Å². The van der Waals surface area contributed by atoms with Crippen LogP contribution in [0.4, 0.5) is 0 Å². The van der Waals surface area contributed by atoms with Crippen molar-refractivity contribution in [3.63, 3.8) is 0 Å². The van der Waals surface area contributed by atoms with Crippen LogP contribution in [0.25, 0.3) is 10.4 Å². The lowest BCUT2D eigenvalue weighted by molar-refractivity contribution is -0.153. The second kappa shape index (κ2) is 13.4. The number of azide groups is 1. The summed E-state index contributed by atoms with van der Waals surface area (Å²) in [5, 5.41) is 6.39. The SMILES string of the molecule is COC(=O)[C@H](CC(C)C)N(C)C(=O)[C@H](CC(C)C)NC(=O)[C@H](Cc1ccccc1)N=[N+]=[N-]. The Balaban J connectivity index is 3.08. The number of amides is 2. The van der Waals surface area contributed by atoms with Crippen LogP contribution >= 0.6 is 0 Å². The number of carbonyl (C=O) groups is 3. The van der Waals surface area contributed by atoms with Crippen LogP contribution < -0.4 is 5.32 Å². The van der Waals surface area contributed by atoms with Crippen molar-refractivity contribution in [2.45, 2.75) is 65.1 Å². The molecule has 0 fully saturated rings. The second-order valence-corrected chi connectivity index (χ2v) is 8.72. The number of nitrogens with zero attached hydrogens (tertiary/aromatic N) is 4. The number of esters is 1. The van der Waals surface area contributed by atoms with Gasteiger partial charge in [-0.1, -0.05) is 63.1 Å². The summed E-state index contributed by atoms with van der Waals surface area (Å²) in [5.74, 6) is -1.15. The first-order valence-electron chi connectivity index (χ1n) is 10.8. The van der Waals surface area contributed by atoms with Crippen LogP contribution in [-0.2, 0) is 25.5 Å². The molecule has 3 atom stereocenters. The van der Waals surface area contributed by atoms with Crippen molar-refractivity contribution in [3.05, 3.63) is 46.3 Å². The summed E-state index contributed by atoms with van der Waals surface area (Å²) in [5.41, 5.74) is 9.78. The van der Waals surface area contributed by atoms with E-state index in [-0.39, 0.29) is 24.2 Å². The average Bonchev–Trinajstić information content (AvgIpc) is 2.75.